The van der Waals surface area contributed by atoms with Gasteiger partial charge in [-0.3, -0.25) is 5.10 Å². The molecule has 7 heteroatoms. The number of H-pyrrole nitrogens is 1. The smallest absolute Gasteiger partial charge is 0.222 e. The average molecular weight is 289 g/mol. The summed E-state index contributed by atoms with van der Waals surface area (Å²) in [7, 11) is 1.50. The fourth-order valence-corrected chi connectivity index (χ4v) is 2.50. The second-order valence-corrected chi connectivity index (χ2v) is 4.78. The summed E-state index contributed by atoms with van der Waals surface area (Å²) in [5.74, 6) is 1.24. The van der Waals surface area contributed by atoms with Crippen LogP contribution in [0.25, 0.3) is 11.3 Å². The maximum atomic E-state index is 5.85. The molecule has 2 aromatic rings. The second kappa shape index (κ2) is 7.03. The van der Waals surface area contributed by atoms with Gasteiger partial charge in [0.05, 0.1) is 11.9 Å². The third kappa shape index (κ3) is 3.30. The lowest BCUT2D eigenvalue weighted by Gasteiger charge is -2.17. The average Bonchev–Trinajstić information content (AvgIpc) is 3.20. The molecule has 1 aliphatic heterocycles. The van der Waals surface area contributed by atoms with E-state index in [1.54, 1.807) is 6.20 Å². The van der Waals surface area contributed by atoms with E-state index in [-0.39, 0.29) is 0 Å². The Morgan fingerprint density at radius 3 is 2.62 bits per heavy atom. The Bertz CT molecular complexity index is 572. The molecule has 7 nitrogen and oxygen atoms in total. The minimum absolute atomic E-state index is 0.322. The Morgan fingerprint density at radius 2 is 1.95 bits per heavy atom. The van der Waals surface area contributed by atoms with E-state index in [9.17, 15) is 0 Å². The number of rotatable bonds is 3. The van der Waals surface area contributed by atoms with Gasteiger partial charge in [-0.15, -0.1) is 0 Å². The van der Waals surface area contributed by atoms with Crippen molar-refractivity contribution in [3.05, 3.63) is 18.0 Å². The lowest BCUT2D eigenvalue weighted by Crippen LogP contribution is -2.19. The van der Waals surface area contributed by atoms with Crippen molar-refractivity contribution < 1.29 is 0 Å². The minimum atomic E-state index is 0.322. The zero-order chi connectivity index (χ0) is 15.2. The first-order valence-electron chi connectivity index (χ1n) is 7.28. The van der Waals surface area contributed by atoms with Gasteiger partial charge in [-0.25, -0.2) is 4.98 Å². The van der Waals surface area contributed by atoms with Gasteiger partial charge in [0.25, 0.3) is 0 Å². The van der Waals surface area contributed by atoms with Crippen LogP contribution in [-0.4, -0.2) is 40.3 Å². The minimum Gasteiger partial charge on any atom is -0.368 e. The van der Waals surface area contributed by atoms with Crippen molar-refractivity contribution in [2.75, 3.05) is 30.8 Å². The summed E-state index contributed by atoms with van der Waals surface area (Å²) in [6, 6.07) is 2.01. The molecule has 0 saturated carbocycles. The maximum Gasteiger partial charge on any atom is 0.222 e. The van der Waals surface area contributed by atoms with E-state index >= 15 is 0 Å². The van der Waals surface area contributed by atoms with Crippen LogP contribution in [-0.2, 0) is 6.42 Å². The van der Waals surface area contributed by atoms with Gasteiger partial charge in [-0.05, 0) is 26.3 Å². The van der Waals surface area contributed by atoms with Crippen molar-refractivity contribution >= 4 is 11.8 Å². The van der Waals surface area contributed by atoms with Gasteiger partial charge in [-0.1, -0.05) is 6.92 Å². The topological polar surface area (TPSA) is 110 Å². The molecule has 0 aliphatic carbocycles. The van der Waals surface area contributed by atoms with Gasteiger partial charge in [0, 0.05) is 30.4 Å². The quantitative estimate of drug-likeness (QED) is 0.783. The summed E-state index contributed by atoms with van der Waals surface area (Å²) in [4.78, 5) is 10.9. The van der Waals surface area contributed by atoms with E-state index in [2.05, 4.69) is 37.7 Å². The standard InChI is InChI=1S/C13H18N6.CH5N/c1-2-10-9(8-15-18-10)11-7-12(17-13(14)16-11)19-5-3-4-6-19;1-2/h7-8H,2-6H2,1H3,(H,15,18)(H2,14,16,17);2H2,1H3. The Hall–Kier alpha value is -2.15. The summed E-state index contributed by atoms with van der Waals surface area (Å²) in [5.41, 5.74) is 13.3. The van der Waals surface area contributed by atoms with Gasteiger partial charge in [0.1, 0.15) is 5.82 Å². The Kier molecular flexibility index (Phi) is 5.10. The van der Waals surface area contributed by atoms with Crippen LogP contribution < -0.4 is 16.4 Å². The van der Waals surface area contributed by atoms with E-state index in [1.165, 1.54) is 19.9 Å². The molecular formula is C14H23N7. The van der Waals surface area contributed by atoms with Crippen molar-refractivity contribution in [2.24, 2.45) is 5.73 Å². The molecule has 1 fully saturated rings. The van der Waals surface area contributed by atoms with E-state index in [0.717, 1.165) is 42.3 Å². The number of aromatic amines is 1. The van der Waals surface area contributed by atoms with Crippen LogP contribution in [0.3, 0.4) is 0 Å². The largest absolute Gasteiger partial charge is 0.368 e. The Morgan fingerprint density at radius 1 is 1.24 bits per heavy atom. The molecule has 0 atom stereocenters. The van der Waals surface area contributed by atoms with Crippen LogP contribution in [0.1, 0.15) is 25.5 Å². The molecule has 3 heterocycles. The van der Waals surface area contributed by atoms with E-state index < -0.39 is 0 Å². The summed E-state index contributed by atoms with van der Waals surface area (Å²) in [6.07, 6.45) is 5.11. The molecule has 0 bridgehead atoms. The third-order valence-corrected chi connectivity index (χ3v) is 3.51. The lowest BCUT2D eigenvalue weighted by molar-refractivity contribution is 0.931. The summed E-state index contributed by atoms with van der Waals surface area (Å²) >= 11 is 0. The van der Waals surface area contributed by atoms with Gasteiger partial charge < -0.3 is 16.4 Å². The molecular weight excluding hydrogens is 266 g/mol. The first kappa shape index (κ1) is 15.2. The van der Waals surface area contributed by atoms with Crippen molar-refractivity contribution in [3.8, 4) is 11.3 Å². The first-order valence-corrected chi connectivity index (χ1v) is 7.28. The van der Waals surface area contributed by atoms with Crippen molar-refractivity contribution in [1.82, 2.24) is 20.2 Å². The zero-order valence-corrected chi connectivity index (χ0v) is 12.6. The van der Waals surface area contributed by atoms with Crippen LogP contribution in [0.5, 0.6) is 0 Å². The molecule has 0 amide bonds. The number of aromatic nitrogens is 4. The normalized spacial score (nSPS) is 14.0. The summed E-state index contributed by atoms with van der Waals surface area (Å²) < 4.78 is 0. The third-order valence-electron chi connectivity index (χ3n) is 3.51. The van der Waals surface area contributed by atoms with Gasteiger partial charge >= 0.3 is 0 Å². The van der Waals surface area contributed by atoms with Crippen LogP contribution in [0.4, 0.5) is 11.8 Å². The maximum absolute atomic E-state index is 5.85. The molecule has 1 saturated heterocycles. The fraction of sp³-hybridized carbons (Fsp3) is 0.500. The highest BCUT2D eigenvalue weighted by atomic mass is 15.2. The number of nitrogens with one attached hydrogen (secondary N) is 1. The number of aryl methyl sites for hydroxylation is 1. The number of hydrogen-bond donors (Lipinski definition) is 3. The zero-order valence-electron chi connectivity index (χ0n) is 12.6. The molecule has 0 aromatic carbocycles. The summed E-state index contributed by atoms with van der Waals surface area (Å²) in [5, 5.41) is 7.08. The van der Waals surface area contributed by atoms with Crippen LogP contribution in [0, 0.1) is 0 Å². The molecule has 2 aromatic heterocycles. The number of nitrogen functional groups attached to an aromatic ring is 1. The van der Waals surface area contributed by atoms with Gasteiger partial charge in [-0.2, -0.15) is 10.1 Å². The second-order valence-electron chi connectivity index (χ2n) is 4.78. The van der Waals surface area contributed by atoms with Crippen LogP contribution in [0.15, 0.2) is 12.3 Å². The Labute approximate surface area is 124 Å². The highest BCUT2D eigenvalue weighted by Crippen LogP contribution is 2.26. The molecule has 5 N–H and O–H groups in total. The van der Waals surface area contributed by atoms with Crippen molar-refractivity contribution in [2.45, 2.75) is 26.2 Å². The Balaban J connectivity index is 0.000000774. The molecule has 0 radical (unpaired) electrons. The predicted octanol–water partition coefficient (Wildman–Crippen LogP) is 1.19. The molecule has 3 rings (SSSR count). The highest BCUT2D eigenvalue weighted by Gasteiger charge is 2.17. The van der Waals surface area contributed by atoms with E-state index in [4.69, 9.17) is 5.73 Å². The van der Waals surface area contributed by atoms with Gasteiger partial charge in [0.2, 0.25) is 5.95 Å². The molecule has 21 heavy (non-hydrogen) atoms. The lowest BCUT2D eigenvalue weighted by atomic mass is 10.1. The molecule has 0 unspecified atom stereocenters. The van der Waals surface area contributed by atoms with E-state index in [1.807, 2.05) is 6.07 Å². The summed E-state index contributed by atoms with van der Waals surface area (Å²) in [6.45, 7) is 4.17. The molecule has 114 valence electrons. The van der Waals surface area contributed by atoms with Gasteiger partial charge in [0.15, 0.2) is 0 Å². The number of anilines is 2. The highest BCUT2D eigenvalue weighted by molar-refractivity contribution is 5.66. The fourth-order valence-electron chi connectivity index (χ4n) is 2.50. The van der Waals surface area contributed by atoms with Crippen molar-refractivity contribution in [1.29, 1.82) is 0 Å². The number of hydrogen-bond acceptors (Lipinski definition) is 6. The SMILES string of the molecule is CCc1[nH]ncc1-c1cc(N2CCCC2)nc(N)n1.CN. The van der Waals surface area contributed by atoms with Crippen LogP contribution in [0.2, 0.25) is 0 Å². The molecule has 0 spiro atoms. The van der Waals surface area contributed by atoms with Crippen LogP contribution >= 0.6 is 0 Å². The monoisotopic (exact) mass is 289 g/mol. The van der Waals surface area contributed by atoms with E-state index in [0.29, 0.717) is 5.95 Å². The van der Waals surface area contributed by atoms with Crippen molar-refractivity contribution in [3.63, 3.8) is 0 Å². The first-order chi connectivity index (χ1) is 10.3. The number of nitrogens with zero attached hydrogens (tertiary/aromatic N) is 4. The molecule has 1 aliphatic rings. The number of nitrogens with two attached hydrogens (primary N) is 2. The predicted molar refractivity (Wildman–Crippen MR) is 85.0 cm³/mol.